The van der Waals surface area contributed by atoms with E-state index in [1.54, 1.807) is 0 Å². The van der Waals surface area contributed by atoms with Gasteiger partial charge in [-0.15, -0.1) is 0 Å². The van der Waals surface area contributed by atoms with Gasteiger partial charge < -0.3 is 5.32 Å². The Morgan fingerprint density at radius 2 is 1.77 bits per heavy atom. The van der Waals surface area contributed by atoms with E-state index in [-0.39, 0.29) is 10.9 Å². The minimum Gasteiger partial charge on any atom is -0.310 e. The Bertz CT molecular complexity index is 1560. The van der Waals surface area contributed by atoms with Crippen molar-refractivity contribution in [3.63, 3.8) is 0 Å². The fraction of sp³-hybridized carbons (Fsp3) is 0.273. The summed E-state index contributed by atoms with van der Waals surface area (Å²) in [5, 5.41) is 1.42. The molecule has 0 aromatic heterocycles. The second-order valence-electron chi connectivity index (χ2n) is 5.23. The van der Waals surface area contributed by atoms with E-state index in [4.69, 9.17) is 20.6 Å². The molecule has 0 spiro atoms. The van der Waals surface area contributed by atoms with Crippen LogP contribution < -0.4 is 5.32 Å². The number of halogens is 3. The van der Waals surface area contributed by atoms with E-state index in [1.165, 1.54) is 6.92 Å². The molecule has 0 heterocycles. The van der Waals surface area contributed by atoms with Crippen molar-refractivity contribution in [2.75, 3.05) is 6.50 Å². The average molecular weight is 373 g/mol. The topological polar surface area (TPSA) is 12.0 Å². The number of nitrogens with one attached hydrogen (secondary N) is 1. The Hall–Kier alpha value is -2.33. The number of hydrogen-bond acceptors (Lipinski definition) is 1. The monoisotopic (exact) mass is 372 g/mol. The Labute approximate surface area is 172 Å². The molecule has 1 nitrogen and oxygen atoms in total. The largest absolute Gasteiger partial charge is 0.416 e. The van der Waals surface area contributed by atoms with Crippen LogP contribution in [-0.2, 0) is 12.6 Å². The zero-order chi connectivity index (χ0) is 31.7. The molecular weight excluding hydrogens is 335 g/mol. The molecule has 1 atom stereocenters. The molecule has 136 valence electrons. The fourth-order valence-corrected chi connectivity index (χ4v) is 2.13. The third-order valence-electron chi connectivity index (χ3n) is 3.38. The summed E-state index contributed by atoms with van der Waals surface area (Å²) in [6.07, 6.45) is -9.78. The average Bonchev–Trinajstić information content (AvgIpc) is 2.84. The smallest absolute Gasteiger partial charge is 0.310 e. The second kappa shape index (κ2) is 7.92. The number of rotatable bonds is 6. The van der Waals surface area contributed by atoms with Gasteiger partial charge in [0.15, 0.2) is 0 Å². The van der Waals surface area contributed by atoms with Gasteiger partial charge in [0, 0.05) is 11.5 Å². The van der Waals surface area contributed by atoms with Crippen LogP contribution in [0.2, 0.25) is 0 Å². The first-order valence-electron chi connectivity index (χ1n) is 14.9. The van der Waals surface area contributed by atoms with Gasteiger partial charge in [0.1, 0.15) is 0 Å². The second-order valence-corrected chi connectivity index (χ2v) is 5.23. The maximum absolute atomic E-state index is 13.5. The van der Waals surface area contributed by atoms with E-state index in [9.17, 15) is 13.2 Å². The van der Waals surface area contributed by atoms with Crippen LogP contribution in [0.4, 0.5) is 13.2 Å². The summed E-state index contributed by atoms with van der Waals surface area (Å²) in [6.45, 7) is -2.02. The first-order valence-corrected chi connectivity index (χ1v) is 7.43. The van der Waals surface area contributed by atoms with Gasteiger partial charge >= 0.3 is 6.18 Å². The summed E-state index contributed by atoms with van der Waals surface area (Å²) < 4.78 is 162. The Morgan fingerprint density at radius 3 is 2.58 bits per heavy atom. The molecular formula is C22H22F3N. The number of hydrogen-bond donors (Lipinski definition) is 1. The van der Waals surface area contributed by atoms with Gasteiger partial charge in [0.2, 0.25) is 0 Å². The predicted octanol–water partition coefficient (Wildman–Crippen LogP) is 6.14. The third-order valence-corrected chi connectivity index (χ3v) is 3.38. The van der Waals surface area contributed by atoms with Crippen LogP contribution in [0.3, 0.4) is 0 Å². The molecule has 0 fully saturated rings. The van der Waals surface area contributed by atoms with Crippen LogP contribution in [-0.4, -0.2) is 6.50 Å². The standard InChI is InChI=1S/C22H22F3N/c1-16(20-13-5-10-18-9-2-3-12-21(18)20)26-14-6-8-17-7-4-11-19(15-17)22(23,24)25/h2-5,7,9-13,15-16,26H,6,8,14H2,1H3/t16-/m1/s1/i2D,3D,4D,5D,6D2,7D,9D,10D,11D,12D,13D,14D2,15D. The van der Waals surface area contributed by atoms with Gasteiger partial charge in [-0.05, 0) is 54.2 Å². The molecule has 3 aromatic rings. The van der Waals surface area contributed by atoms with Gasteiger partial charge in [0.25, 0.3) is 0 Å². The molecule has 3 aromatic carbocycles. The van der Waals surface area contributed by atoms with Crippen LogP contribution in [0.25, 0.3) is 10.8 Å². The summed E-state index contributed by atoms with van der Waals surface area (Å²) in [5.74, 6) is 0. The normalized spacial score (nSPS) is 22.4. The molecule has 4 heteroatoms. The molecule has 26 heavy (non-hydrogen) atoms. The maximum Gasteiger partial charge on any atom is 0.416 e. The molecule has 1 N–H and O–H groups in total. The molecule has 0 aliphatic heterocycles. The lowest BCUT2D eigenvalue weighted by molar-refractivity contribution is -0.137. The van der Waals surface area contributed by atoms with Crippen LogP contribution in [0, 0.1) is 0 Å². The van der Waals surface area contributed by atoms with Crippen molar-refractivity contribution in [2.24, 2.45) is 0 Å². The molecule has 3 rings (SSSR count). The maximum atomic E-state index is 13.5. The van der Waals surface area contributed by atoms with Gasteiger partial charge in [-0.1, -0.05) is 60.4 Å². The quantitative estimate of drug-likeness (QED) is 0.548. The molecule has 0 radical (unpaired) electrons. The summed E-state index contributed by atoms with van der Waals surface area (Å²) in [4.78, 5) is 0. The first kappa shape index (κ1) is 7.35. The van der Waals surface area contributed by atoms with Gasteiger partial charge in [-0.25, -0.2) is 0 Å². The summed E-state index contributed by atoms with van der Waals surface area (Å²) in [7, 11) is 0. The number of fused-ring (bicyclic) bond motifs is 1. The van der Waals surface area contributed by atoms with Crippen molar-refractivity contribution < 1.29 is 33.7 Å². The third kappa shape index (κ3) is 4.44. The molecule has 0 saturated carbocycles. The molecule has 0 aliphatic carbocycles. The minimum absolute atomic E-state index is 0.360. The zero-order valence-corrected chi connectivity index (χ0v) is 13.4. The van der Waals surface area contributed by atoms with Crippen molar-refractivity contribution in [1.29, 1.82) is 0 Å². The highest BCUT2D eigenvalue weighted by atomic mass is 19.4. The van der Waals surface area contributed by atoms with E-state index in [1.807, 2.05) is 0 Å². The SMILES string of the molecule is [2H]c1c([2H])c(CC([2H])([2H])C([2H])([2H])N[C@H](C)c2c([2H])c([2H])c([2H])c3c([2H])c([2H])c([2H])c([2H])c23)c([2H])c(C(F)(F)F)c1[2H]. The molecule has 0 saturated heterocycles. The molecule has 0 aliphatic rings. The van der Waals surface area contributed by atoms with Crippen LogP contribution in [0.15, 0.2) is 66.5 Å². The lowest BCUT2D eigenvalue weighted by Crippen LogP contribution is -2.20. The summed E-state index contributed by atoms with van der Waals surface area (Å²) in [6, 6.07) is -11.6. The number of benzene rings is 3. The van der Waals surface area contributed by atoms with Crippen molar-refractivity contribution >= 4 is 10.8 Å². The van der Waals surface area contributed by atoms with Gasteiger partial charge in [0.05, 0.1) is 20.6 Å². The summed E-state index contributed by atoms with van der Waals surface area (Å²) >= 11 is 0. The lowest BCUT2D eigenvalue weighted by atomic mass is 9.99. The predicted molar refractivity (Wildman–Crippen MR) is 100 cm³/mol. The van der Waals surface area contributed by atoms with Crippen molar-refractivity contribution in [3.05, 3.63) is 83.2 Å². The van der Waals surface area contributed by atoms with Crippen molar-refractivity contribution in [3.8, 4) is 0 Å². The molecule has 0 bridgehead atoms. The van der Waals surface area contributed by atoms with E-state index in [0.717, 1.165) is 0 Å². The Balaban J connectivity index is 2.16. The van der Waals surface area contributed by atoms with Crippen LogP contribution >= 0.6 is 0 Å². The van der Waals surface area contributed by atoms with E-state index >= 15 is 0 Å². The number of alkyl halides is 3. The Morgan fingerprint density at radius 1 is 1.04 bits per heavy atom. The van der Waals surface area contributed by atoms with Crippen molar-refractivity contribution in [1.82, 2.24) is 5.32 Å². The lowest BCUT2D eigenvalue weighted by Gasteiger charge is -2.17. The minimum atomic E-state index is -5.28. The highest BCUT2D eigenvalue weighted by molar-refractivity contribution is 5.86. The highest BCUT2D eigenvalue weighted by Crippen LogP contribution is 2.29. The summed E-state index contributed by atoms with van der Waals surface area (Å²) in [5.41, 5.74) is -3.19. The molecule has 0 unspecified atom stereocenters. The van der Waals surface area contributed by atoms with Crippen molar-refractivity contribution in [2.45, 2.75) is 31.9 Å². The van der Waals surface area contributed by atoms with E-state index < -0.39 is 114 Å². The van der Waals surface area contributed by atoms with Gasteiger partial charge in [-0.2, -0.15) is 13.2 Å². The highest BCUT2D eigenvalue weighted by Gasteiger charge is 2.30. The first-order chi connectivity index (χ1) is 18.5. The van der Waals surface area contributed by atoms with E-state index in [2.05, 4.69) is 5.32 Å². The van der Waals surface area contributed by atoms with Crippen LogP contribution in [0.5, 0.6) is 0 Å². The molecule has 0 amide bonds. The fourth-order valence-electron chi connectivity index (χ4n) is 2.13. The van der Waals surface area contributed by atoms with Gasteiger partial charge in [-0.3, -0.25) is 0 Å². The van der Waals surface area contributed by atoms with E-state index in [0.29, 0.717) is 0 Å². The zero-order valence-electron chi connectivity index (χ0n) is 28.4. The Kier molecular flexibility index (Phi) is 2.24. The van der Waals surface area contributed by atoms with Crippen LogP contribution in [0.1, 0.15) is 56.6 Å².